The van der Waals surface area contributed by atoms with Gasteiger partial charge in [-0.05, 0) is 43.7 Å². The van der Waals surface area contributed by atoms with Gasteiger partial charge >= 0.3 is 0 Å². The van der Waals surface area contributed by atoms with Crippen molar-refractivity contribution < 1.29 is 0 Å². The molecule has 140 valence electrons. The number of aromatic nitrogens is 2. The van der Waals surface area contributed by atoms with Crippen LogP contribution in [0.25, 0.3) is 10.2 Å². The maximum atomic E-state index is 13.4. The highest BCUT2D eigenvalue weighted by atomic mass is 32.2. The number of aryl methyl sites for hydroxylation is 2. The average molecular weight is 397 g/mol. The first-order chi connectivity index (χ1) is 13.1. The number of hydrogen-bond donors (Lipinski definition) is 0. The van der Waals surface area contributed by atoms with Crippen LogP contribution in [0.3, 0.4) is 0 Å². The molecular formula is C22H24N2OS2. The van der Waals surface area contributed by atoms with Crippen LogP contribution in [0.5, 0.6) is 0 Å². The van der Waals surface area contributed by atoms with Crippen LogP contribution in [-0.2, 0) is 25.1 Å². The molecule has 1 aromatic carbocycles. The number of fused-ring (bicyclic) bond motifs is 3. The Hall–Kier alpha value is -1.85. The first-order valence-corrected chi connectivity index (χ1v) is 11.3. The molecule has 3 aromatic rings. The Bertz CT molecular complexity index is 1030. The molecule has 27 heavy (non-hydrogen) atoms. The summed E-state index contributed by atoms with van der Waals surface area (Å²) in [7, 11) is 0. The Morgan fingerprint density at radius 1 is 1.22 bits per heavy atom. The van der Waals surface area contributed by atoms with Crippen LogP contribution in [0, 0.1) is 0 Å². The summed E-state index contributed by atoms with van der Waals surface area (Å²) in [6, 6.07) is 10.3. The molecule has 0 aliphatic heterocycles. The summed E-state index contributed by atoms with van der Waals surface area (Å²) in [6.07, 6.45) is 5.73. The lowest BCUT2D eigenvalue weighted by molar-refractivity contribution is 0.651. The van der Waals surface area contributed by atoms with Crippen LogP contribution in [0.1, 0.15) is 42.2 Å². The van der Waals surface area contributed by atoms with Crippen molar-refractivity contribution in [2.45, 2.75) is 56.5 Å². The van der Waals surface area contributed by atoms with Crippen molar-refractivity contribution in [3.05, 3.63) is 68.8 Å². The van der Waals surface area contributed by atoms with Gasteiger partial charge in [0.05, 0.1) is 5.39 Å². The van der Waals surface area contributed by atoms with Gasteiger partial charge in [0, 0.05) is 17.2 Å². The van der Waals surface area contributed by atoms with Crippen molar-refractivity contribution in [2.75, 3.05) is 0 Å². The van der Waals surface area contributed by atoms with Gasteiger partial charge in [0.15, 0.2) is 5.16 Å². The zero-order valence-corrected chi connectivity index (χ0v) is 17.3. The quantitative estimate of drug-likeness (QED) is 0.244. The average Bonchev–Trinajstić information content (AvgIpc) is 2.84. The fourth-order valence-corrected chi connectivity index (χ4v) is 5.90. The fourth-order valence-electron chi connectivity index (χ4n) is 3.64. The SMILES string of the molecule is C=C(C)Cn1c(SCc2ccccc2)nc2sc3c(c2c1=O)CCCCC3. The molecule has 0 bridgehead atoms. The third-order valence-corrected chi connectivity index (χ3v) is 7.16. The van der Waals surface area contributed by atoms with Crippen molar-refractivity contribution in [1.29, 1.82) is 0 Å². The predicted molar refractivity (Wildman–Crippen MR) is 116 cm³/mol. The van der Waals surface area contributed by atoms with Crippen LogP contribution in [0.2, 0.25) is 0 Å². The fraction of sp³-hybridized carbons (Fsp3) is 0.364. The second kappa shape index (κ2) is 8.03. The largest absolute Gasteiger partial charge is 0.283 e. The van der Waals surface area contributed by atoms with Gasteiger partial charge in [-0.15, -0.1) is 11.3 Å². The normalized spacial score (nSPS) is 14.1. The predicted octanol–water partition coefficient (Wildman–Crippen LogP) is 5.60. The van der Waals surface area contributed by atoms with E-state index in [1.165, 1.54) is 35.3 Å². The topological polar surface area (TPSA) is 34.9 Å². The Labute approximate surface area is 168 Å². The molecule has 2 aromatic heterocycles. The molecule has 0 amide bonds. The van der Waals surface area contributed by atoms with Crippen molar-refractivity contribution in [3.8, 4) is 0 Å². The van der Waals surface area contributed by atoms with Gasteiger partial charge in [-0.3, -0.25) is 9.36 Å². The molecule has 0 fully saturated rings. The Morgan fingerprint density at radius 2 is 2.00 bits per heavy atom. The van der Waals surface area contributed by atoms with E-state index in [0.29, 0.717) is 6.54 Å². The van der Waals surface area contributed by atoms with Gasteiger partial charge < -0.3 is 0 Å². The first-order valence-electron chi connectivity index (χ1n) is 9.49. The van der Waals surface area contributed by atoms with Crippen LogP contribution in [0.4, 0.5) is 0 Å². The first kappa shape index (κ1) is 18.5. The minimum absolute atomic E-state index is 0.109. The second-order valence-electron chi connectivity index (χ2n) is 7.26. The van der Waals surface area contributed by atoms with E-state index in [-0.39, 0.29) is 5.56 Å². The van der Waals surface area contributed by atoms with Crippen molar-refractivity contribution in [3.63, 3.8) is 0 Å². The lowest BCUT2D eigenvalue weighted by Crippen LogP contribution is -2.24. The Morgan fingerprint density at radius 3 is 2.78 bits per heavy atom. The maximum absolute atomic E-state index is 13.4. The summed E-state index contributed by atoms with van der Waals surface area (Å²) in [5.74, 6) is 0.806. The highest BCUT2D eigenvalue weighted by Crippen LogP contribution is 2.34. The smallest absolute Gasteiger partial charge is 0.263 e. The summed E-state index contributed by atoms with van der Waals surface area (Å²) in [5, 5.41) is 1.66. The van der Waals surface area contributed by atoms with E-state index >= 15 is 0 Å². The summed E-state index contributed by atoms with van der Waals surface area (Å²) in [6.45, 7) is 6.53. The number of thiophene rings is 1. The molecule has 0 radical (unpaired) electrons. The molecule has 1 aliphatic carbocycles. The van der Waals surface area contributed by atoms with Crippen LogP contribution >= 0.6 is 23.1 Å². The molecule has 4 rings (SSSR count). The van der Waals surface area contributed by atoms with Crippen LogP contribution in [-0.4, -0.2) is 9.55 Å². The zero-order chi connectivity index (χ0) is 18.8. The van der Waals surface area contributed by atoms with E-state index in [0.717, 1.165) is 39.5 Å². The van der Waals surface area contributed by atoms with E-state index in [9.17, 15) is 4.79 Å². The summed E-state index contributed by atoms with van der Waals surface area (Å²) in [5.41, 5.74) is 3.58. The standard InChI is InChI=1S/C22H24N2OS2/c1-15(2)13-24-21(25)19-17-11-7-4-8-12-18(17)27-20(19)23-22(24)26-14-16-9-5-3-6-10-16/h3,5-6,9-10H,1,4,7-8,11-14H2,2H3. The third kappa shape index (κ3) is 3.90. The zero-order valence-electron chi connectivity index (χ0n) is 15.7. The number of rotatable bonds is 5. The minimum atomic E-state index is 0.109. The molecule has 3 nitrogen and oxygen atoms in total. The van der Waals surface area contributed by atoms with Gasteiger partial charge in [0.1, 0.15) is 4.83 Å². The van der Waals surface area contributed by atoms with Gasteiger partial charge in [-0.2, -0.15) is 0 Å². The highest BCUT2D eigenvalue weighted by molar-refractivity contribution is 7.98. The number of allylic oxidation sites excluding steroid dienone is 1. The molecule has 0 atom stereocenters. The van der Waals surface area contributed by atoms with Crippen LogP contribution < -0.4 is 5.56 Å². The van der Waals surface area contributed by atoms with Gasteiger partial charge in [-0.25, -0.2) is 4.98 Å². The molecule has 2 heterocycles. The maximum Gasteiger partial charge on any atom is 0.263 e. The molecular weight excluding hydrogens is 372 g/mol. The lowest BCUT2D eigenvalue weighted by Gasteiger charge is -2.12. The number of benzene rings is 1. The van der Waals surface area contributed by atoms with E-state index in [2.05, 4.69) is 18.7 Å². The van der Waals surface area contributed by atoms with Gasteiger partial charge in [0.25, 0.3) is 5.56 Å². The number of nitrogens with zero attached hydrogens (tertiary/aromatic N) is 2. The van der Waals surface area contributed by atoms with Gasteiger partial charge in [-0.1, -0.05) is 60.7 Å². The molecule has 1 aliphatic rings. The van der Waals surface area contributed by atoms with Gasteiger partial charge in [0.2, 0.25) is 0 Å². The third-order valence-electron chi connectivity index (χ3n) is 4.93. The molecule has 0 saturated carbocycles. The van der Waals surface area contributed by atoms with E-state index < -0.39 is 0 Å². The molecule has 0 N–H and O–H groups in total. The molecule has 0 saturated heterocycles. The number of thioether (sulfide) groups is 1. The van der Waals surface area contributed by atoms with Crippen molar-refractivity contribution >= 4 is 33.3 Å². The van der Waals surface area contributed by atoms with Crippen molar-refractivity contribution in [1.82, 2.24) is 9.55 Å². The molecule has 5 heteroatoms. The summed E-state index contributed by atoms with van der Waals surface area (Å²) < 4.78 is 1.83. The Kier molecular flexibility index (Phi) is 5.50. The van der Waals surface area contributed by atoms with E-state index in [1.54, 1.807) is 23.1 Å². The monoisotopic (exact) mass is 396 g/mol. The molecule has 0 unspecified atom stereocenters. The minimum Gasteiger partial charge on any atom is -0.283 e. The number of hydrogen-bond acceptors (Lipinski definition) is 4. The highest BCUT2D eigenvalue weighted by Gasteiger charge is 2.21. The summed E-state index contributed by atoms with van der Waals surface area (Å²) in [4.78, 5) is 20.7. The van der Waals surface area contributed by atoms with Crippen LogP contribution in [0.15, 0.2) is 52.4 Å². The second-order valence-corrected chi connectivity index (χ2v) is 9.29. The van der Waals surface area contributed by atoms with Crippen molar-refractivity contribution in [2.24, 2.45) is 0 Å². The Balaban J connectivity index is 1.79. The summed E-state index contributed by atoms with van der Waals surface area (Å²) >= 11 is 3.37. The molecule has 0 spiro atoms. The van der Waals surface area contributed by atoms with E-state index in [1.807, 2.05) is 29.7 Å². The lowest BCUT2D eigenvalue weighted by atomic mass is 10.1. The van der Waals surface area contributed by atoms with E-state index in [4.69, 9.17) is 4.98 Å².